The summed E-state index contributed by atoms with van der Waals surface area (Å²) in [6, 6.07) is 16.7. The Morgan fingerprint density at radius 2 is 1.68 bits per heavy atom. The van der Waals surface area contributed by atoms with Gasteiger partial charge in [-0.15, -0.1) is 0 Å². The molecule has 25 heavy (non-hydrogen) atoms. The highest BCUT2D eigenvalue weighted by atomic mass is 16.5. The van der Waals surface area contributed by atoms with Crippen LogP contribution in [0.5, 0.6) is 5.75 Å². The predicted octanol–water partition coefficient (Wildman–Crippen LogP) is 5.57. The number of imidazole rings is 1. The molecule has 2 aromatic carbocycles. The summed E-state index contributed by atoms with van der Waals surface area (Å²) in [7, 11) is 0. The molecule has 0 aliphatic heterocycles. The van der Waals surface area contributed by atoms with Gasteiger partial charge in [-0.05, 0) is 41.2 Å². The summed E-state index contributed by atoms with van der Waals surface area (Å²) < 4.78 is 8.31. The molecule has 3 nitrogen and oxygen atoms in total. The van der Waals surface area contributed by atoms with Crippen LogP contribution in [-0.2, 0) is 18.6 Å². The smallest absolute Gasteiger partial charge is 0.148 e. The van der Waals surface area contributed by atoms with E-state index in [1.807, 2.05) is 6.07 Å². The molecule has 0 unspecified atom stereocenters. The molecular formula is C22H28N2O. The van der Waals surface area contributed by atoms with E-state index in [0.29, 0.717) is 12.5 Å². The highest BCUT2D eigenvalue weighted by Crippen LogP contribution is 2.25. The lowest BCUT2D eigenvalue weighted by atomic mass is 9.87. The van der Waals surface area contributed by atoms with Crippen LogP contribution in [0.1, 0.15) is 46.0 Å². The van der Waals surface area contributed by atoms with E-state index in [1.54, 1.807) is 0 Å². The molecule has 3 aromatic rings. The summed E-state index contributed by atoms with van der Waals surface area (Å²) in [5.41, 5.74) is 3.68. The van der Waals surface area contributed by atoms with Crippen LogP contribution in [0.3, 0.4) is 0 Å². The molecule has 0 aliphatic rings. The van der Waals surface area contributed by atoms with E-state index in [1.165, 1.54) is 11.1 Å². The normalized spacial score (nSPS) is 12.1. The Bertz CT molecular complexity index is 839. The average Bonchev–Trinajstić information content (AvgIpc) is 2.90. The molecule has 0 N–H and O–H groups in total. The van der Waals surface area contributed by atoms with Gasteiger partial charge in [-0.2, -0.15) is 0 Å². The van der Waals surface area contributed by atoms with Crippen molar-refractivity contribution < 1.29 is 4.74 Å². The van der Waals surface area contributed by atoms with Gasteiger partial charge in [0.1, 0.15) is 18.2 Å². The van der Waals surface area contributed by atoms with Crippen molar-refractivity contribution in [1.29, 1.82) is 0 Å². The number of fused-ring (bicyclic) bond motifs is 1. The average molecular weight is 336 g/mol. The Morgan fingerprint density at radius 1 is 1.00 bits per heavy atom. The van der Waals surface area contributed by atoms with E-state index in [4.69, 9.17) is 9.72 Å². The zero-order chi connectivity index (χ0) is 18.0. The fraction of sp³-hybridized carbons (Fsp3) is 0.409. The zero-order valence-electron chi connectivity index (χ0n) is 15.9. The number of benzene rings is 2. The minimum Gasteiger partial charge on any atom is -0.486 e. The summed E-state index contributed by atoms with van der Waals surface area (Å²) in [6.45, 7) is 12.5. The third kappa shape index (κ3) is 4.04. The van der Waals surface area contributed by atoms with Gasteiger partial charge in [0.25, 0.3) is 0 Å². The zero-order valence-corrected chi connectivity index (χ0v) is 15.9. The summed E-state index contributed by atoms with van der Waals surface area (Å²) >= 11 is 0. The van der Waals surface area contributed by atoms with Crippen molar-refractivity contribution >= 4 is 11.0 Å². The molecule has 0 radical (unpaired) electrons. The second-order valence-corrected chi connectivity index (χ2v) is 8.08. The van der Waals surface area contributed by atoms with Gasteiger partial charge in [-0.25, -0.2) is 4.98 Å². The van der Waals surface area contributed by atoms with Crippen LogP contribution in [0.4, 0.5) is 0 Å². The maximum atomic E-state index is 6.03. The second-order valence-electron chi connectivity index (χ2n) is 8.08. The molecule has 0 spiro atoms. The van der Waals surface area contributed by atoms with E-state index in [2.05, 4.69) is 81.7 Å². The van der Waals surface area contributed by atoms with Crippen molar-refractivity contribution in [3.05, 3.63) is 59.9 Å². The Balaban J connectivity index is 1.81. The quantitative estimate of drug-likeness (QED) is 0.609. The van der Waals surface area contributed by atoms with E-state index < -0.39 is 0 Å². The van der Waals surface area contributed by atoms with Crippen LogP contribution in [0.2, 0.25) is 0 Å². The number of para-hydroxylation sites is 2. The summed E-state index contributed by atoms with van der Waals surface area (Å²) in [5.74, 6) is 2.42. The van der Waals surface area contributed by atoms with Gasteiger partial charge in [0.15, 0.2) is 0 Å². The van der Waals surface area contributed by atoms with Crippen molar-refractivity contribution in [3.63, 3.8) is 0 Å². The fourth-order valence-corrected chi connectivity index (χ4v) is 3.00. The fourth-order valence-electron chi connectivity index (χ4n) is 3.00. The Morgan fingerprint density at radius 3 is 2.32 bits per heavy atom. The molecule has 1 heterocycles. The third-order valence-electron chi connectivity index (χ3n) is 4.37. The topological polar surface area (TPSA) is 27.1 Å². The minimum atomic E-state index is 0.157. The maximum absolute atomic E-state index is 6.03. The van der Waals surface area contributed by atoms with Gasteiger partial charge >= 0.3 is 0 Å². The van der Waals surface area contributed by atoms with Gasteiger partial charge in [0.05, 0.1) is 11.0 Å². The van der Waals surface area contributed by atoms with E-state index in [0.717, 1.165) is 23.6 Å². The van der Waals surface area contributed by atoms with Gasteiger partial charge in [0, 0.05) is 6.54 Å². The lowest BCUT2D eigenvalue weighted by molar-refractivity contribution is 0.287. The highest BCUT2D eigenvalue weighted by Gasteiger charge is 2.14. The number of hydrogen-bond donors (Lipinski definition) is 0. The number of rotatable bonds is 5. The van der Waals surface area contributed by atoms with Crippen molar-refractivity contribution in [2.24, 2.45) is 5.92 Å². The predicted molar refractivity (Wildman–Crippen MR) is 104 cm³/mol. The molecule has 0 atom stereocenters. The first kappa shape index (κ1) is 17.5. The SMILES string of the molecule is CC(C)Cn1c(COc2ccc(C(C)(C)C)cc2)nc2ccccc21. The van der Waals surface area contributed by atoms with Crippen LogP contribution in [0, 0.1) is 5.92 Å². The Hall–Kier alpha value is -2.29. The lowest BCUT2D eigenvalue weighted by Crippen LogP contribution is -2.12. The van der Waals surface area contributed by atoms with Gasteiger partial charge < -0.3 is 9.30 Å². The van der Waals surface area contributed by atoms with Crippen LogP contribution in [0.25, 0.3) is 11.0 Å². The lowest BCUT2D eigenvalue weighted by Gasteiger charge is -2.19. The van der Waals surface area contributed by atoms with Crippen molar-refractivity contribution in [1.82, 2.24) is 9.55 Å². The Labute approximate surface area is 150 Å². The number of ether oxygens (including phenoxy) is 1. The Kier molecular flexibility index (Phi) is 4.85. The summed E-state index contributed by atoms with van der Waals surface area (Å²) in [4.78, 5) is 4.78. The maximum Gasteiger partial charge on any atom is 0.148 e. The second kappa shape index (κ2) is 6.91. The molecule has 0 bridgehead atoms. The molecule has 0 amide bonds. The number of nitrogens with zero attached hydrogens (tertiary/aromatic N) is 2. The van der Waals surface area contributed by atoms with Crippen molar-refractivity contribution in [2.75, 3.05) is 0 Å². The molecule has 0 saturated carbocycles. The monoisotopic (exact) mass is 336 g/mol. The third-order valence-corrected chi connectivity index (χ3v) is 4.37. The van der Waals surface area contributed by atoms with Crippen LogP contribution in [-0.4, -0.2) is 9.55 Å². The van der Waals surface area contributed by atoms with Gasteiger partial charge in [-0.3, -0.25) is 0 Å². The molecule has 3 heteroatoms. The molecule has 0 fully saturated rings. The molecule has 0 aliphatic carbocycles. The van der Waals surface area contributed by atoms with Crippen molar-refractivity contribution in [3.8, 4) is 5.75 Å². The molecule has 0 saturated heterocycles. The highest BCUT2D eigenvalue weighted by molar-refractivity contribution is 5.75. The van der Waals surface area contributed by atoms with E-state index in [-0.39, 0.29) is 5.41 Å². The van der Waals surface area contributed by atoms with Crippen LogP contribution >= 0.6 is 0 Å². The molecular weight excluding hydrogens is 308 g/mol. The van der Waals surface area contributed by atoms with Gasteiger partial charge in [-0.1, -0.05) is 58.9 Å². The summed E-state index contributed by atoms with van der Waals surface area (Å²) in [5, 5.41) is 0. The molecule has 3 rings (SSSR count). The first-order valence-electron chi connectivity index (χ1n) is 9.02. The van der Waals surface area contributed by atoms with Crippen molar-refractivity contribution in [2.45, 2.75) is 53.2 Å². The van der Waals surface area contributed by atoms with Crippen LogP contribution in [0.15, 0.2) is 48.5 Å². The van der Waals surface area contributed by atoms with E-state index >= 15 is 0 Å². The van der Waals surface area contributed by atoms with Crippen LogP contribution < -0.4 is 4.74 Å². The first-order valence-corrected chi connectivity index (χ1v) is 9.02. The standard InChI is InChI=1S/C22H28N2O/c1-16(2)14-24-20-9-7-6-8-19(20)23-21(24)15-25-18-12-10-17(11-13-18)22(3,4)5/h6-13,16H,14-15H2,1-5H3. The largest absolute Gasteiger partial charge is 0.486 e. The number of aromatic nitrogens is 2. The van der Waals surface area contributed by atoms with Gasteiger partial charge in [0.2, 0.25) is 0 Å². The molecule has 1 aromatic heterocycles. The molecule has 132 valence electrons. The summed E-state index contributed by atoms with van der Waals surface area (Å²) in [6.07, 6.45) is 0. The van der Waals surface area contributed by atoms with E-state index in [9.17, 15) is 0 Å². The first-order chi connectivity index (χ1) is 11.8. The number of hydrogen-bond acceptors (Lipinski definition) is 2. The minimum absolute atomic E-state index is 0.157.